The van der Waals surface area contributed by atoms with Crippen LogP contribution in [0, 0.1) is 0 Å². The first-order valence-corrected chi connectivity index (χ1v) is 7.69. The Morgan fingerprint density at radius 2 is 1.68 bits per heavy atom. The Morgan fingerprint density at radius 3 is 2.36 bits per heavy atom. The molecular weight excluding hydrogens is 344 g/mol. The van der Waals surface area contributed by atoms with E-state index < -0.39 is 0 Å². The highest BCUT2D eigenvalue weighted by Gasteiger charge is 2.12. The number of amides is 2. The van der Waals surface area contributed by atoms with Crippen LogP contribution in [0.1, 0.15) is 5.56 Å². The summed E-state index contributed by atoms with van der Waals surface area (Å²) in [6.45, 7) is -0.0192. The van der Waals surface area contributed by atoms with Crippen LogP contribution in [0.2, 0.25) is 0 Å². The van der Waals surface area contributed by atoms with E-state index in [0.29, 0.717) is 0 Å². The normalized spacial score (nSPS) is 10.1. The Kier molecular flexibility index (Phi) is 5.72. The fourth-order valence-electron chi connectivity index (χ4n) is 1.97. The number of hydrogen-bond acceptors (Lipinski definition) is 2. The predicted octanol–water partition coefficient (Wildman–Crippen LogP) is 2.77. The molecule has 0 bridgehead atoms. The number of nitrogens with zero attached hydrogens (tertiary/aromatic N) is 1. The van der Waals surface area contributed by atoms with Crippen LogP contribution < -0.4 is 10.2 Å². The van der Waals surface area contributed by atoms with Crippen LogP contribution in [0.15, 0.2) is 59.1 Å². The van der Waals surface area contributed by atoms with E-state index in [2.05, 4.69) is 21.2 Å². The lowest BCUT2D eigenvalue weighted by molar-refractivity contribution is -0.124. The third kappa shape index (κ3) is 4.43. The van der Waals surface area contributed by atoms with Crippen molar-refractivity contribution in [1.82, 2.24) is 5.32 Å². The highest BCUT2D eigenvalue weighted by Crippen LogP contribution is 2.16. The Labute approximate surface area is 138 Å². The topological polar surface area (TPSA) is 49.4 Å². The highest BCUT2D eigenvalue weighted by atomic mass is 79.9. The SMILES string of the molecule is CN(C(=O)CNC(=O)Cc1ccccc1Br)c1ccccc1. The van der Waals surface area contributed by atoms with Crippen molar-refractivity contribution >= 4 is 33.4 Å². The molecule has 2 amide bonds. The molecular formula is C17H17BrN2O2. The number of carbonyl (C=O) groups is 2. The van der Waals surface area contributed by atoms with Gasteiger partial charge in [-0.3, -0.25) is 9.59 Å². The molecule has 0 saturated heterocycles. The van der Waals surface area contributed by atoms with E-state index in [1.54, 1.807) is 7.05 Å². The molecule has 0 aromatic heterocycles. The van der Waals surface area contributed by atoms with Crippen molar-refractivity contribution < 1.29 is 9.59 Å². The maximum absolute atomic E-state index is 12.1. The van der Waals surface area contributed by atoms with Crippen molar-refractivity contribution in [3.05, 3.63) is 64.6 Å². The van der Waals surface area contributed by atoms with Gasteiger partial charge in [-0.1, -0.05) is 52.3 Å². The summed E-state index contributed by atoms with van der Waals surface area (Å²) in [6, 6.07) is 16.8. The van der Waals surface area contributed by atoms with E-state index in [1.807, 2.05) is 54.6 Å². The number of carbonyl (C=O) groups excluding carboxylic acids is 2. The third-order valence-corrected chi connectivity index (χ3v) is 4.04. The van der Waals surface area contributed by atoms with Crippen molar-refractivity contribution in [2.24, 2.45) is 0 Å². The number of benzene rings is 2. The van der Waals surface area contributed by atoms with Gasteiger partial charge in [0.25, 0.3) is 0 Å². The number of para-hydroxylation sites is 1. The van der Waals surface area contributed by atoms with Crippen molar-refractivity contribution in [3.63, 3.8) is 0 Å². The molecule has 114 valence electrons. The van der Waals surface area contributed by atoms with Gasteiger partial charge in [0.2, 0.25) is 11.8 Å². The third-order valence-electron chi connectivity index (χ3n) is 3.26. The Morgan fingerprint density at radius 1 is 1.05 bits per heavy atom. The van der Waals surface area contributed by atoms with Gasteiger partial charge in [-0.15, -0.1) is 0 Å². The second-order valence-corrected chi connectivity index (χ2v) is 5.69. The van der Waals surface area contributed by atoms with Gasteiger partial charge in [-0.25, -0.2) is 0 Å². The molecule has 0 fully saturated rings. The van der Waals surface area contributed by atoms with Gasteiger partial charge in [0.1, 0.15) is 0 Å². The van der Waals surface area contributed by atoms with Gasteiger partial charge in [0.15, 0.2) is 0 Å². The Balaban J connectivity index is 1.86. The summed E-state index contributed by atoms with van der Waals surface area (Å²) in [5.74, 6) is -0.339. The number of rotatable bonds is 5. The summed E-state index contributed by atoms with van der Waals surface area (Å²) < 4.78 is 0.887. The molecule has 0 unspecified atom stereocenters. The zero-order valence-corrected chi connectivity index (χ0v) is 13.8. The largest absolute Gasteiger partial charge is 0.347 e. The predicted molar refractivity (Wildman–Crippen MR) is 90.7 cm³/mol. The fraction of sp³-hybridized carbons (Fsp3) is 0.176. The molecule has 1 N–H and O–H groups in total. The van der Waals surface area contributed by atoms with E-state index in [1.165, 1.54) is 4.90 Å². The van der Waals surface area contributed by atoms with E-state index in [9.17, 15) is 9.59 Å². The van der Waals surface area contributed by atoms with Crippen molar-refractivity contribution in [3.8, 4) is 0 Å². The van der Waals surface area contributed by atoms with Crippen LogP contribution >= 0.6 is 15.9 Å². The maximum atomic E-state index is 12.1. The van der Waals surface area contributed by atoms with Crippen LogP contribution in [-0.4, -0.2) is 25.4 Å². The smallest absolute Gasteiger partial charge is 0.246 e. The summed E-state index contributed by atoms with van der Waals surface area (Å²) in [7, 11) is 1.69. The van der Waals surface area contributed by atoms with E-state index in [-0.39, 0.29) is 24.8 Å². The lowest BCUT2D eigenvalue weighted by Gasteiger charge is -2.17. The minimum Gasteiger partial charge on any atom is -0.347 e. The molecule has 0 aliphatic heterocycles. The Hall–Kier alpha value is -2.14. The van der Waals surface area contributed by atoms with Gasteiger partial charge in [-0.2, -0.15) is 0 Å². The van der Waals surface area contributed by atoms with E-state index in [0.717, 1.165) is 15.7 Å². The highest BCUT2D eigenvalue weighted by molar-refractivity contribution is 9.10. The minimum absolute atomic E-state index is 0.0192. The van der Waals surface area contributed by atoms with Crippen LogP contribution in [0.5, 0.6) is 0 Å². The average molecular weight is 361 g/mol. The quantitative estimate of drug-likeness (QED) is 0.891. The summed E-state index contributed by atoms with van der Waals surface area (Å²) in [5.41, 5.74) is 1.69. The molecule has 0 radical (unpaired) electrons. The molecule has 0 aliphatic rings. The van der Waals surface area contributed by atoms with Gasteiger partial charge in [0.05, 0.1) is 13.0 Å². The maximum Gasteiger partial charge on any atom is 0.246 e. The molecule has 0 heterocycles. The molecule has 5 heteroatoms. The first-order chi connectivity index (χ1) is 10.6. The first-order valence-electron chi connectivity index (χ1n) is 6.89. The first kappa shape index (κ1) is 16.2. The van der Waals surface area contributed by atoms with Crippen LogP contribution in [0.4, 0.5) is 5.69 Å². The van der Waals surface area contributed by atoms with Crippen molar-refractivity contribution in [2.45, 2.75) is 6.42 Å². The number of nitrogens with one attached hydrogen (secondary N) is 1. The molecule has 2 rings (SSSR count). The number of halogens is 1. The molecule has 2 aromatic carbocycles. The molecule has 0 saturated carbocycles. The molecule has 2 aromatic rings. The second kappa shape index (κ2) is 7.75. The van der Waals surface area contributed by atoms with Crippen LogP contribution in [-0.2, 0) is 16.0 Å². The zero-order chi connectivity index (χ0) is 15.9. The standard InChI is InChI=1S/C17H17BrN2O2/c1-20(14-8-3-2-4-9-14)17(22)12-19-16(21)11-13-7-5-6-10-15(13)18/h2-10H,11-12H2,1H3,(H,19,21). The molecule has 0 atom stereocenters. The number of anilines is 1. The Bertz CT molecular complexity index is 659. The lowest BCUT2D eigenvalue weighted by atomic mass is 10.1. The van der Waals surface area contributed by atoms with Crippen LogP contribution in [0.25, 0.3) is 0 Å². The number of hydrogen-bond donors (Lipinski definition) is 1. The molecule has 0 aliphatic carbocycles. The van der Waals surface area contributed by atoms with Crippen LogP contribution in [0.3, 0.4) is 0 Å². The lowest BCUT2D eigenvalue weighted by Crippen LogP contribution is -2.38. The van der Waals surface area contributed by atoms with Gasteiger partial charge in [-0.05, 0) is 23.8 Å². The molecule has 4 nitrogen and oxygen atoms in total. The van der Waals surface area contributed by atoms with E-state index in [4.69, 9.17) is 0 Å². The monoisotopic (exact) mass is 360 g/mol. The molecule has 0 spiro atoms. The zero-order valence-electron chi connectivity index (χ0n) is 12.3. The van der Waals surface area contributed by atoms with Gasteiger partial charge >= 0.3 is 0 Å². The summed E-state index contributed by atoms with van der Waals surface area (Å²) >= 11 is 3.40. The van der Waals surface area contributed by atoms with Gasteiger partial charge < -0.3 is 10.2 Å². The summed E-state index contributed by atoms with van der Waals surface area (Å²) in [4.78, 5) is 25.5. The van der Waals surface area contributed by atoms with Gasteiger partial charge in [0, 0.05) is 17.2 Å². The fourth-order valence-corrected chi connectivity index (χ4v) is 2.39. The van der Waals surface area contributed by atoms with Crippen molar-refractivity contribution in [1.29, 1.82) is 0 Å². The average Bonchev–Trinajstić information content (AvgIpc) is 2.55. The van der Waals surface area contributed by atoms with Crippen molar-refractivity contribution in [2.75, 3.05) is 18.5 Å². The second-order valence-electron chi connectivity index (χ2n) is 4.83. The minimum atomic E-state index is -0.179. The van der Waals surface area contributed by atoms with E-state index >= 15 is 0 Å². The summed E-state index contributed by atoms with van der Waals surface area (Å²) in [5, 5.41) is 2.66. The number of likely N-dealkylation sites (N-methyl/N-ethyl adjacent to an activating group) is 1. The molecule has 22 heavy (non-hydrogen) atoms. The summed E-state index contributed by atoms with van der Waals surface area (Å²) in [6.07, 6.45) is 0.240.